The molecule has 0 aromatic heterocycles. The van der Waals surface area contributed by atoms with Crippen molar-refractivity contribution in [2.45, 2.75) is 26.1 Å². The lowest BCUT2D eigenvalue weighted by atomic mass is 10.1. The molecule has 0 aliphatic rings. The fraction of sp³-hybridized carbons (Fsp3) is 0.167. The van der Waals surface area contributed by atoms with Gasteiger partial charge in [0.15, 0.2) is 6.10 Å². The molecule has 29 heavy (non-hydrogen) atoms. The summed E-state index contributed by atoms with van der Waals surface area (Å²) in [7, 11) is 0. The van der Waals surface area contributed by atoms with Gasteiger partial charge < -0.3 is 15.4 Å². The van der Waals surface area contributed by atoms with Gasteiger partial charge in [-0.2, -0.15) is 0 Å². The van der Waals surface area contributed by atoms with Gasteiger partial charge in [0.1, 0.15) is 5.75 Å². The Balaban J connectivity index is 1.58. The Kier molecular flexibility index (Phi) is 7.00. The van der Waals surface area contributed by atoms with Crippen LogP contribution in [0.15, 0.2) is 84.9 Å². The molecule has 0 bridgehead atoms. The number of rotatable bonds is 8. The Morgan fingerprint density at radius 1 is 0.759 bits per heavy atom. The number of ether oxygens (including phenoxy) is 1. The minimum Gasteiger partial charge on any atom is -0.480 e. The van der Waals surface area contributed by atoms with E-state index in [9.17, 15) is 9.59 Å². The van der Waals surface area contributed by atoms with Gasteiger partial charge in [-0.15, -0.1) is 0 Å². The fourth-order valence-corrected chi connectivity index (χ4v) is 2.80. The van der Waals surface area contributed by atoms with Gasteiger partial charge in [-0.25, -0.2) is 0 Å². The van der Waals surface area contributed by atoms with Crippen LogP contribution in [0.4, 0.5) is 0 Å². The third kappa shape index (κ3) is 5.94. The number of nitrogens with one attached hydrogen (secondary N) is 2. The van der Waals surface area contributed by atoms with Gasteiger partial charge in [-0.3, -0.25) is 9.59 Å². The van der Waals surface area contributed by atoms with Gasteiger partial charge in [0, 0.05) is 13.1 Å². The minimum absolute atomic E-state index is 0.242. The van der Waals surface area contributed by atoms with Crippen molar-refractivity contribution < 1.29 is 14.3 Å². The Morgan fingerprint density at radius 2 is 1.28 bits per heavy atom. The van der Waals surface area contributed by atoms with Gasteiger partial charge in [-0.1, -0.05) is 72.8 Å². The number of amides is 2. The molecule has 0 aliphatic heterocycles. The predicted molar refractivity (Wildman–Crippen MR) is 112 cm³/mol. The van der Waals surface area contributed by atoms with Crippen molar-refractivity contribution in [3.63, 3.8) is 0 Å². The molecule has 3 aromatic carbocycles. The highest BCUT2D eigenvalue weighted by atomic mass is 16.5. The van der Waals surface area contributed by atoms with Crippen molar-refractivity contribution in [2.75, 3.05) is 0 Å². The molecule has 0 saturated carbocycles. The maximum absolute atomic E-state index is 12.6. The number of hydrogen-bond acceptors (Lipinski definition) is 3. The highest BCUT2D eigenvalue weighted by molar-refractivity contribution is 5.97. The zero-order valence-corrected chi connectivity index (χ0v) is 16.3. The van der Waals surface area contributed by atoms with Crippen molar-refractivity contribution in [3.05, 3.63) is 102 Å². The average Bonchev–Trinajstić information content (AvgIpc) is 2.77. The Bertz CT molecular complexity index is 943. The molecular formula is C24H24N2O3. The number of para-hydroxylation sites is 1. The molecule has 2 N–H and O–H groups in total. The van der Waals surface area contributed by atoms with Gasteiger partial charge in [0.25, 0.3) is 11.8 Å². The first kappa shape index (κ1) is 20.1. The third-order valence-corrected chi connectivity index (χ3v) is 4.41. The van der Waals surface area contributed by atoms with Crippen molar-refractivity contribution in [3.8, 4) is 5.75 Å². The first-order valence-electron chi connectivity index (χ1n) is 9.53. The van der Waals surface area contributed by atoms with Crippen molar-refractivity contribution in [2.24, 2.45) is 0 Å². The largest absolute Gasteiger partial charge is 0.480 e. The standard InChI is InChI=1S/C24H24N2O3/c1-18(23(27)25-16-19-10-4-2-5-11-19)29-22-15-9-8-14-21(22)24(28)26-17-20-12-6-3-7-13-20/h2-15,18H,16-17H2,1H3,(H,25,27)(H,26,28)/t18-/m0/s1. The molecule has 0 unspecified atom stereocenters. The number of carbonyl (C=O) groups is 2. The summed E-state index contributed by atoms with van der Waals surface area (Å²) >= 11 is 0. The topological polar surface area (TPSA) is 67.4 Å². The number of hydrogen-bond donors (Lipinski definition) is 2. The highest BCUT2D eigenvalue weighted by Crippen LogP contribution is 2.19. The molecule has 0 heterocycles. The molecule has 3 aromatic rings. The Hall–Kier alpha value is -3.60. The maximum Gasteiger partial charge on any atom is 0.261 e. The summed E-state index contributed by atoms with van der Waals surface area (Å²) in [5.41, 5.74) is 2.41. The fourth-order valence-electron chi connectivity index (χ4n) is 2.80. The molecule has 0 fully saturated rings. The maximum atomic E-state index is 12.6. The molecule has 2 amide bonds. The van der Waals surface area contributed by atoms with Crippen molar-refractivity contribution in [1.82, 2.24) is 10.6 Å². The summed E-state index contributed by atoms with van der Waals surface area (Å²) in [6, 6.07) is 26.3. The summed E-state index contributed by atoms with van der Waals surface area (Å²) < 4.78 is 5.80. The van der Waals surface area contributed by atoms with Gasteiger partial charge in [0.05, 0.1) is 5.56 Å². The van der Waals surface area contributed by atoms with Crippen LogP contribution in [-0.2, 0) is 17.9 Å². The second-order valence-electron chi connectivity index (χ2n) is 6.63. The molecule has 148 valence electrons. The van der Waals surface area contributed by atoms with Crippen molar-refractivity contribution in [1.29, 1.82) is 0 Å². The summed E-state index contributed by atoms with van der Waals surface area (Å²) in [6.45, 7) is 2.51. The molecule has 5 heteroatoms. The molecule has 1 atom stereocenters. The lowest BCUT2D eigenvalue weighted by Gasteiger charge is -2.17. The third-order valence-electron chi connectivity index (χ3n) is 4.41. The van der Waals surface area contributed by atoms with Crippen LogP contribution in [0.25, 0.3) is 0 Å². The van der Waals surface area contributed by atoms with E-state index in [1.54, 1.807) is 31.2 Å². The molecule has 3 rings (SSSR count). The summed E-state index contributed by atoms with van der Waals surface area (Å²) in [5, 5.41) is 5.74. The van der Waals surface area contributed by atoms with E-state index in [1.807, 2.05) is 60.7 Å². The van der Waals surface area contributed by atoms with Crippen LogP contribution in [0.2, 0.25) is 0 Å². The van der Waals surface area contributed by atoms with E-state index in [0.29, 0.717) is 24.4 Å². The molecule has 0 radical (unpaired) electrons. The van der Waals surface area contributed by atoms with Gasteiger partial charge in [0.2, 0.25) is 0 Å². The molecule has 0 spiro atoms. The van der Waals surface area contributed by atoms with Crippen LogP contribution in [0.5, 0.6) is 5.75 Å². The molecular weight excluding hydrogens is 364 g/mol. The SMILES string of the molecule is C[C@H](Oc1ccccc1C(=O)NCc1ccccc1)C(=O)NCc1ccccc1. The smallest absolute Gasteiger partial charge is 0.261 e. The van der Waals surface area contributed by atoms with E-state index in [0.717, 1.165) is 11.1 Å². The summed E-state index contributed by atoms with van der Waals surface area (Å²) in [5.74, 6) is -0.116. The van der Waals surface area contributed by atoms with Crippen LogP contribution in [0.1, 0.15) is 28.4 Å². The van der Waals surface area contributed by atoms with Crippen LogP contribution in [0.3, 0.4) is 0 Å². The van der Waals surface area contributed by atoms with Crippen LogP contribution < -0.4 is 15.4 Å². The van der Waals surface area contributed by atoms with Gasteiger partial charge in [-0.05, 0) is 30.2 Å². The Morgan fingerprint density at radius 3 is 1.90 bits per heavy atom. The van der Waals surface area contributed by atoms with E-state index < -0.39 is 6.10 Å². The van der Waals surface area contributed by atoms with Crippen LogP contribution in [-0.4, -0.2) is 17.9 Å². The number of benzene rings is 3. The quantitative estimate of drug-likeness (QED) is 0.618. The van der Waals surface area contributed by atoms with Gasteiger partial charge >= 0.3 is 0 Å². The minimum atomic E-state index is -0.734. The first-order chi connectivity index (χ1) is 14.1. The summed E-state index contributed by atoms with van der Waals surface area (Å²) in [6.07, 6.45) is -0.734. The van der Waals surface area contributed by atoms with E-state index >= 15 is 0 Å². The first-order valence-corrected chi connectivity index (χ1v) is 9.53. The molecule has 0 aliphatic carbocycles. The van der Waals surface area contributed by atoms with E-state index in [4.69, 9.17) is 4.74 Å². The lowest BCUT2D eigenvalue weighted by Crippen LogP contribution is -2.36. The zero-order valence-electron chi connectivity index (χ0n) is 16.3. The van der Waals surface area contributed by atoms with E-state index in [1.165, 1.54) is 0 Å². The zero-order chi connectivity index (χ0) is 20.5. The molecule has 0 saturated heterocycles. The normalized spacial score (nSPS) is 11.3. The van der Waals surface area contributed by atoms with Crippen molar-refractivity contribution >= 4 is 11.8 Å². The second-order valence-corrected chi connectivity index (χ2v) is 6.63. The average molecular weight is 388 g/mol. The summed E-state index contributed by atoms with van der Waals surface area (Å²) in [4.78, 5) is 25.0. The van der Waals surface area contributed by atoms with E-state index in [-0.39, 0.29) is 11.8 Å². The monoisotopic (exact) mass is 388 g/mol. The lowest BCUT2D eigenvalue weighted by molar-refractivity contribution is -0.127. The second kappa shape index (κ2) is 10.1. The predicted octanol–water partition coefficient (Wildman–Crippen LogP) is 3.70. The molecule has 5 nitrogen and oxygen atoms in total. The Labute approximate surface area is 170 Å². The van der Waals surface area contributed by atoms with Crippen LogP contribution >= 0.6 is 0 Å². The highest BCUT2D eigenvalue weighted by Gasteiger charge is 2.18. The van der Waals surface area contributed by atoms with Crippen LogP contribution in [0, 0.1) is 0 Å². The number of carbonyl (C=O) groups excluding carboxylic acids is 2. The van der Waals surface area contributed by atoms with E-state index in [2.05, 4.69) is 10.6 Å².